The first-order valence-electron chi connectivity index (χ1n) is 9.81. The molecule has 1 unspecified atom stereocenters. The number of ether oxygens (including phenoxy) is 2. The largest absolute Gasteiger partial charge is 0.483 e. The Labute approximate surface area is 176 Å². The van der Waals surface area contributed by atoms with Crippen LogP contribution in [0.25, 0.3) is 0 Å². The van der Waals surface area contributed by atoms with Crippen LogP contribution in [0.1, 0.15) is 16.7 Å². The van der Waals surface area contributed by atoms with Crippen LogP contribution in [0.5, 0.6) is 5.75 Å². The topological polar surface area (TPSA) is 64.6 Å². The van der Waals surface area contributed by atoms with Crippen molar-refractivity contribution in [3.05, 3.63) is 102 Å². The van der Waals surface area contributed by atoms with Gasteiger partial charge in [0.25, 0.3) is 5.91 Å². The van der Waals surface area contributed by atoms with Gasteiger partial charge in [-0.3, -0.25) is 4.79 Å². The van der Waals surface area contributed by atoms with E-state index in [4.69, 9.17) is 9.47 Å². The normalized spacial score (nSPS) is 11.4. The van der Waals surface area contributed by atoms with Gasteiger partial charge in [-0.1, -0.05) is 78.9 Å². The molecule has 5 heteroatoms. The first-order valence-corrected chi connectivity index (χ1v) is 9.81. The van der Waals surface area contributed by atoms with E-state index in [0.717, 1.165) is 16.7 Å². The van der Waals surface area contributed by atoms with E-state index in [0.29, 0.717) is 18.6 Å². The highest BCUT2D eigenvalue weighted by atomic mass is 16.5. The Bertz CT molecular complexity index is 957. The van der Waals surface area contributed by atoms with Crippen molar-refractivity contribution >= 4 is 11.9 Å². The van der Waals surface area contributed by atoms with Crippen LogP contribution in [0.4, 0.5) is 0 Å². The van der Waals surface area contributed by atoms with Gasteiger partial charge in [0.2, 0.25) is 0 Å². The van der Waals surface area contributed by atoms with Crippen LogP contribution in [-0.2, 0) is 27.2 Å². The number of para-hydroxylation sites is 1. The van der Waals surface area contributed by atoms with Crippen molar-refractivity contribution in [1.29, 1.82) is 0 Å². The molecule has 0 aliphatic rings. The third-order valence-corrected chi connectivity index (χ3v) is 4.67. The Balaban J connectivity index is 1.61. The molecule has 154 valence electrons. The summed E-state index contributed by atoms with van der Waals surface area (Å²) in [6.45, 7) is -0.186. The van der Waals surface area contributed by atoms with Crippen molar-refractivity contribution in [2.75, 3.05) is 13.7 Å². The third-order valence-electron chi connectivity index (χ3n) is 4.67. The summed E-state index contributed by atoms with van der Waals surface area (Å²) in [7, 11) is 1.31. The first kappa shape index (κ1) is 21.1. The van der Waals surface area contributed by atoms with E-state index < -0.39 is 12.0 Å². The van der Waals surface area contributed by atoms with Crippen LogP contribution in [0.15, 0.2) is 84.9 Å². The van der Waals surface area contributed by atoms with Gasteiger partial charge in [0.05, 0.1) is 7.11 Å². The molecule has 1 atom stereocenters. The highest BCUT2D eigenvalue weighted by molar-refractivity contribution is 5.85. The zero-order valence-corrected chi connectivity index (χ0v) is 16.9. The zero-order chi connectivity index (χ0) is 21.2. The van der Waals surface area contributed by atoms with E-state index in [1.807, 2.05) is 84.9 Å². The molecular weight excluding hydrogens is 378 g/mol. The summed E-state index contributed by atoms with van der Waals surface area (Å²) in [6, 6.07) is 26.4. The minimum Gasteiger partial charge on any atom is -0.483 e. The van der Waals surface area contributed by atoms with E-state index in [1.165, 1.54) is 7.11 Å². The lowest BCUT2D eigenvalue weighted by atomic mass is 10.0. The number of benzene rings is 3. The number of amides is 1. The number of nitrogens with one attached hydrogen (secondary N) is 1. The summed E-state index contributed by atoms with van der Waals surface area (Å²) >= 11 is 0. The average Bonchev–Trinajstić information content (AvgIpc) is 2.79. The number of rotatable bonds is 9. The Morgan fingerprint density at radius 3 is 2.10 bits per heavy atom. The molecule has 1 N–H and O–H groups in total. The Kier molecular flexibility index (Phi) is 7.61. The lowest BCUT2D eigenvalue weighted by molar-refractivity contribution is -0.145. The second-order valence-electron chi connectivity index (χ2n) is 6.89. The minimum atomic E-state index is -0.770. The maximum atomic E-state index is 12.5. The fourth-order valence-electron chi connectivity index (χ4n) is 3.17. The molecule has 5 nitrogen and oxygen atoms in total. The number of esters is 1. The molecule has 0 aliphatic carbocycles. The summed E-state index contributed by atoms with van der Waals surface area (Å²) in [4.78, 5) is 24.6. The molecule has 0 bridgehead atoms. The Hall–Kier alpha value is -3.60. The van der Waals surface area contributed by atoms with Gasteiger partial charge in [-0.05, 0) is 22.8 Å². The van der Waals surface area contributed by atoms with E-state index >= 15 is 0 Å². The highest BCUT2D eigenvalue weighted by Crippen LogP contribution is 2.21. The van der Waals surface area contributed by atoms with Crippen LogP contribution in [0.3, 0.4) is 0 Å². The summed E-state index contributed by atoms with van der Waals surface area (Å²) in [5.41, 5.74) is 3.08. The number of carbonyl (C=O) groups excluding carboxylic acids is 2. The standard InChI is InChI=1S/C25H25NO4/c1-29-25(28)22(17-20-12-6-3-7-13-20)26-24(27)18-30-23-15-9-8-14-21(23)16-19-10-4-2-5-11-19/h2-15,22H,16-18H2,1H3,(H,26,27). The van der Waals surface area contributed by atoms with Crippen molar-refractivity contribution in [2.24, 2.45) is 0 Å². The van der Waals surface area contributed by atoms with Crippen LogP contribution in [0, 0.1) is 0 Å². The molecule has 1 amide bonds. The molecule has 0 heterocycles. The monoisotopic (exact) mass is 403 g/mol. The second kappa shape index (κ2) is 10.8. The quantitative estimate of drug-likeness (QED) is 0.555. The van der Waals surface area contributed by atoms with Crippen LogP contribution >= 0.6 is 0 Å². The first-order chi connectivity index (χ1) is 14.7. The SMILES string of the molecule is COC(=O)C(Cc1ccccc1)NC(=O)COc1ccccc1Cc1ccccc1. The Morgan fingerprint density at radius 2 is 1.43 bits per heavy atom. The third kappa shape index (κ3) is 6.21. The van der Waals surface area contributed by atoms with Crippen molar-refractivity contribution in [2.45, 2.75) is 18.9 Å². The molecule has 30 heavy (non-hydrogen) atoms. The van der Waals surface area contributed by atoms with Crippen LogP contribution in [0.2, 0.25) is 0 Å². The maximum Gasteiger partial charge on any atom is 0.328 e. The fraction of sp³-hybridized carbons (Fsp3) is 0.200. The molecule has 0 aromatic heterocycles. The highest BCUT2D eigenvalue weighted by Gasteiger charge is 2.22. The molecule has 0 saturated heterocycles. The Morgan fingerprint density at radius 1 is 0.833 bits per heavy atom. The lowest BCUT2D eigenvalue weighted by Gasteiger charge is -2.17. The number of hydrogen-bond donors (Lipinski definition) is 1. The average molecular weight is 403 g/mol. The minimum absolute atomic E-state index is 0.186. The van der Waals surface area contributed by atoms with Crippen molar-refractivity contribution < 1.29 is 19.1 Å². The van der Waals surface area contributed by atoms with Crippen molar-refractivity contribution in [1.82, 2.24) is 5.32 Å². The van der Waals surface area contributed by atoms with Gasteiger partial charge in [-0.15, -0.1) is 0 Å². The van der Waals surface area contributed by atoms with Gasteiger partial charge in [0.15, 0.2) is 6.61 Å². The predicted octanol–water partition coefficient (Wildman–Crippen LogP) is 3.56. The lowest BCUT2D eigenvalue weighted by Crippen LogP contribution is -2.44. The van der Waals surface area contributed by atoms with Crippen molar-refractivity contribution in [3.8, 4) is 5.75 Å². The molecule has 0 spiro atoms. The molecule has 0 fully saturated rings. The zero-order valence-electron chi connectivity index (χ0n) is 16.9. The molecule has 0 saturated carbocycles. The van der Waals surface area contributed by atoms with E-state index in [2.05, 4.69) is 5.32 Å². The van der Waals surface area contributed by atoms with Gasteiger partial charge in [-0.25, -0.2) is 4.79 Å². The molecule has 0 aliphatic heterocycles. The summed E-state index contributed by atoms with van der Waals surface area (Å²) in [5, 5.41) is 2.72. The predicted molar refractivity (Wildman–Crippen MR) is 115 cm³/mol. The van der Waals surface area contributed by atoms with E-state index in [-0.39, 0.29) is 12.5 Å². The second-order valence-corrected chi connectivity index (χ2v) is 6.89. The maximum absolute atomic E-state index is 12.5. The smallest absolute Gasteiger partial charge is 0.328 e. The molecule has 3 aromatic carbocycles. The van der Waals surface area contributed by atoms with Crippen molar-refractivity contribution in [3.63, 3.8) is 0 Å². The molecule has 3 rings (SSSR count). The number of carbonyl (C=O) groups is 2. The van der Waals surface area contributed by atoms with Gasteiger partial charge >= 0.3 is 5.97 Å². The molecule has 0 radical (unpaired) electrons. The summed E-state index contributed by atoms with van der Waals surface area (Å²) < 4.78 is 10.6. The molecular formula is C25H25NO4. The van der Waals surface area contributed by atoms with Crippen LogP contribution < -0.4 is 10.1 Å². The van der Waals surface area contributed by atoms with Crippen LogP contribution in [-0.4, -0.2) is 31.6 Å². The van der Waals surface area contributed by atoms with E-state index in [1.54, 1.807) is 0 Å². The van der Waals surface area contributed by atoms with Gasteiger partial charge < -0.3 is 14.8 Å². The molecule has 3 aromatic rings. The van der Waals surface area contributed by atoms with Gasteiger partial charge in [0, 0.05) is 12.8 Å². The fourth-order valence-corrected chi connectivity index (χ4v) is 3.17. The number of hydrogen-bond acceptors (Lipinski definition) is 4. The van der Waals surface area contributed by atoms with E-state index in [9.17, 15) is 9.59 Å². The van der Waals surface area contributed by atoms with Gasteiger partial charge in [-0.2, -0.15) is 0 Å². The number of methoxy groups -OCH3 is 1. The van der Waals surface area contributed by atoms with Gasteiger partial charge in [0.1, 0.15) is 11.8 Å². The summed E-state index contributed by atoms with van der Waals surface area (Å²) in [6.07, 6.45) is 1.06. The summed E-state index contributed by atoms with van der Waals surface area (Å²) in [5.74, 6) is -0.221.